The first-order valence-electron chi connectivity index (χ1n) is 6.82. The van der Waals surface area contributed by atoms with Gasteiger partial charge in [0.1, 0.15) is 0 Å². The van der Waals surface area contributed by atoms with Crippen molar-refractivity contribution < 1.29 is 4.79 Å². The first-order valence-corrected chi connectivity index (χ1v) is 6.82. The average Bonchev–Trinajstić information content (AvgIpc) is 2.80. The zero-order valence-corrected chi connectivity index (χ0v) is 11.0. The zero-order chi connectivity index (χ0) is 12.3. The molecule has 2 N–H and O–H groups in total. The Morgan fingerprint density at radius 1 is 1.47 bits per heavy atom. The van der Waals surface area contributed by atoms with E-state index in [-0.39, 0.29) is 11.3 Å². The van der Waals surface area contributed by atoms with Crippen molar-refractivity contribution in [1.29, 1.82) is 0 Å². The number of hydrogen-bond donors (Lipinski definition) is 2. The van der Waals surface area contributed by atoms with Crippen LogP contribution in [0.25, 0.3) is 0 Å². The van der Waals surface area contributed by atoms with Crippen molar-refractivity contribution in [2.24, 2.45) is 11.3 Å². The summed E-state index contributed by atoms with van der Waals surface area (Å²) in [7, 11) is 0. The standard InChI is InChI=1S/C14H24N2O/c1-11(2)14(8-9-15-10-14)13(17)16-12-6-4-3-5-7-12/h3-4,11-12,15H,5-10H2,1-2H3,(H,16,17). The predicted molar refractivity (Wildman–Crippen MR) is 69.7 cm³/mol. The Bertz CT molecular complexity index is 303. The van der Waals surface area contributed by atoms with Crippen molar-refractivity contribution in [3.63, 3.8) is 0 Å². The zero-order valence-electron chi connectivity index (χ0n) is 11.0. The monoisotopic (exact) mass is 236 g/mol. The molecule has 2 unspecified atom stereocenters. The van der Waals surface area contributed by atoms with Crippen molar-refractivity contribution in [3.05, 3.63) is 12.2 Å². The fraction of sp³-hybridized carbons (Fsp3) is 0.786. The second-order valence-corrected chi connectivity index (χ2v) is 5.69. The maximum absolute atomic E-state index is 12.5. The molecule has 1 saturated heterocycles. The highest BCUT2D eigenvalue weighted by molar-refractivity contribution is 5.84. The predicted octanol–water partition coefficient (Wildman–Crippen LogP) is 1.85. The number of hydrogen-bond acceptors (Lipinski definition) is 2. The fourth-order valence-corrected chi connectivity index (χ4v) is 2.91. The lowest BCUT2D eigenvalue weighted by Crippen LogP contribution is -2.49. The maximum atomic E-state index is 12.5. The number of carbonyl (C=O) groups excluding carboxylic acids is 1. The van der Waals surface area contributed by atoms with Crippen LogP contribution in [0.3, 0.4) is 0 Å². The molecule has 2 atom stereocenters. The van der Waals surface area contributed by atoms with Crippen molar-refractivity contribution in [3.8, 4) is 0 Å². The van der Waals surface area contributed by atoms with Gasteiger partial charge in [0.2, 0.25) is 5.91 Å². The van der Waals surface area contributed by atoms with Gasteiger partial charge in [0.25, 0.3) is 0 Å². The molecular weight excluding hydrogens is 212 g/mol. The molecule has 3 heteroatoms. The number of amides is 1. The molecule has 0 aromatic rings. The van der Waals surface area contributed by atoms with Crippen LogP contribution in [0.4, 0.5) is 0 Å². The van der Waals surface area contributed by atoms with Gasteiger partial charge in [0, 0.05) is 12.6 Å². The van der Waals surface area contributed by atoms with Gasteiger partial charge >= 0.3 is 0 Å². The van der Waals surface area contributed by atoms with Gasteiger partial charge < -0.3 is 10.6 Å². The summed E-state index contributed by atoms with van der Waals surface area (Å²) in [5, 5.41) is 6.59. The Morgan fingerprint density at radius 3 is 2.82 bits per heavy atom. The van der Waals surface area contributed by atoms with Crippen LogP contribution in [0.15, 0.2) is 12.2 Å². The minimum Gasteiger partial charge on any atom is -0.353 e. The lowest BCUT2D eigenvalue weighted by atomic mass is 9.75. The van der Waals surface area contributed by atoms with E-state index in [9.17, 15) is 4.79 Å². The molecule has 1 aliphatic carbocycles. The summed E-state index contributed by atoms with van der Waals surface area (Å²) in [4.78, 5) is 12.5. The molecule has 17 heavy (non-hydrogen) atoms. The van der Waals surface area contributed by atoms with E-state index < -0.39 is 0 Å². The third-order valence-electron chi connectivity index (χ3n) is 4.35. The molecule has 1 aliphatic heterocycles. The molecule has 1 fully saturated rings. The van der Waals surface area contributed by atoms with Gasteiger partial charge in [0.15, 0.2) is 0 Å². The normalized spacial score (nSPS) is 33.0. The third kappa shape index (κ3) is 2.54. The number of rotatable bonds is 3. The largest absolute Gasteiger partial charge is 0.353 e. The summed E-state index contributed by atoms with van der Waals surface area (Å²) in [5.74, 6) is 0.662. The van der Waals surface area contributed by atoms with Crippen molar-refractivity contribution in [1.82, 2.24) is 10.6 Å². The molecule has 1 heterocycles. The Hall–Kier alpha value is -0.830. The van der Waals surface area contributed by atoms with Crippen molar-refractivity contribution in [2.45, 2.75) is 45.6 Å². The lowest BCUT2D eigenvalue weighted by molar-refractivity contribution is -0.133. The molecule has 0 spiro atoms. The quantitative estimate of drug-likeness (QED) is 0.734. The van der Waals surface area contributed by atoms with Gasteiger partial charge in [0.05, 0.1) is 5.41 Å². The molecule has 1 amide bonds. The molecule has 2 aliphatic rings. The highest BCUT2D eigenvalue weighted by Gasteiger charge is 2.44. The summed E-state index contributed by atoms with van der Waals surface area (Å²) in [6.07, 6.45) is 8.54. The minimum atomic E-state index is -0.179. The fourth-order valence-electron chi connectivity index (χ4n) is 2.91. The maximum Gasteiger partial charge on any atom is 0.228 e. The minimum absolute atomic E-state index is 0.179. The molecule has 0 saturated carbocycles. The van der Waals surface area contributed by atoms with E-state index in [4.69, 9.17) is 0 Å². The average molecular weight is 236 g/mol. The van der Waals surface area contributed by atoms with Crippen LogP contribution in [0, 0.1) is 11.3 Å². The Balaban J connectivity index is 1.99. The number of carbonyl (C=O) groups is 1. The highest BCUT2D eigenvalue weighted by Crippen LogP contribution is 2.34. The number of nitrogens with one attached hydrogen (secondary N) is 2. The molecule has 2 rings (SSSR count). The van der Waals surface area contributed by atoms with Crippen molar-refractivity contribution in [2.75, 3.05) is 13.1 Å². The Morgan fingerprint density at radius 2 is 2.29 bits per heavy atom. The van der Waals surface area contributed by atoms with Crippen LogP contribution in [0.2, 0.25) is 0 Å². The van der Waals surface area contributed by atoms with E-state index in [0.717, 1.165) is 38.8 Å². The summed E-state index contributed by atoms with van der Waals surface area (Å²) >= 11 is 0. The Labute approximate surface area is 104 Å². The summed E-state index contributed by atoms with van der Waals surface area (Å²) in [5.41, 5.74) is -0.179. The topological polar surface area (TPSA) is 41.1 Å². The van der Waals surface area contributed by atoms with E-state index in [1.165, 1.54) is 0 Å². The second kappa shape index (κ2) is 5.21. The van der Waals surface area contributed by atoms with Crippen LogP contribution in [-0.4, -0.2) is 25.0 Å². The first-order chi connectivity index (χ1) is 8.15. The first kappa shape index (κ1) is 12.6. The molecular formula is C14H24N2O. The van der Waals surface area contributed by atoms with Crippen LogP contribution in [0.5, 0.6) is 0 Å². The van der Waals surface area contributed by atoms with Crippen molar-refractivity contribution >= 4 is 5.91 Å². The summed E-state index contributed by atoms with van der Waals surface area (Å²) < 4.78 is 0. The Kier molecular flexibility index (Phi) is 3.87. The molecule has 0 aromatic carbocycles. The SMILES string of the molecule is CC(C)C1(C(=O)NC2CC=CCC2)CCNC1. The van der Waals surface area contributed by atoms with E-state index >= 15 is 0 Å². The molecule has 0 bridgehead atoms. The van der Waals surface area contributed by atoms with Gasteiger partial charge in [-0.1, -0.05) is 26.0 Å². The van der Waals surface area contributed by atoms with Gasteiger partial charge in [-0.15, -0.1) is 0 Å². The summed E-state index contributed by atoms with van der Waals surface area (Å²) in [6, 6.07) is 0.351. The molecule has 3 nitrogen and oxygen atoms in total. The highest BCUT2D eigenvalue weighted by atomic mass is 16.2. The van der Waals surface area contributed by atoms with Gasteiger partial charge in [-0.2, -0.15) is 0 Å². The molecule has 0 radical (unpaired) electrons. The van der Waals surface area contributed by atoms with Gasteiger partial charge in [-0.05, 0) is 38.1 Å². The second-order valence-electron chi connectivity index (χ2n) is 5.69. The van der Waals surface area contributed by atoms with Gasteiger partial charge in [-0.3, -0.25) is 4.79 Å². The van der Waals surface area contributed by atoms with E-state index in [2.05, 4.69) is 36.6 Å². The van der Waals surface area contributed by atoms with E-state index in [1.807, 2.05) is 0 Å². The van der Waals surface area contributed by atoms with Crippen LogP contribution < -0.4 is 10.6 Å². The van der Waals surface area contributed by atoms with Crippen LogP contribution >= 0.6 is 0 Å². The van der Waals surface area contributed by atoms with Crippen LogP contribution in [0.1, 0.15) is 39.5 Å². The lowest BCUT2D eigenvalue weighted by Gasteiger charge is -2.33. The third-order valence-corrected chi connectivity index (χ3v) is 4.35. The van der Waals surface area contributed by atoms with E-state index in [0.29, 0.717) is 12.0 Å². The van der Waals surface area contributed by atoms with Gasteiger partial charge in [-0.25, -0.2) is 0 Å². The van der Waals surface area contributed by atoms with E-state index in [1.54, 1.807) is 0 Å². The molecule has 0 aromatic heterocycles. The van der Waals surface area contributed by atoms with Crippen LogP contribution in [-0.2, 0) is 4.79 Å². The summed E-state index contributed by atoms with van der Waals surface area (Å²) in [6.45, 7) is 6.12. The smallest absolute Gasteiger partial charge is 0.228 e. The number of allylic oxidation sites excluding steroid dienone is 1. The molecule has 96 valence electrons.